The summed E-state index contributed by atoms with van der Waals surface area (Å²) in [7, 11) is 0. The largest absolute Gasteiger partial charge is 0.302 e. The van der Waals surface area contributed by atoms with Gasteiger partial charge < -0.3 is 4.57 Å². The summed E-state index contributed by atoms with van der Waals surface area (Å²) in [6, 6.07) is 14.3. The molecule has 0 aliphatic carbocycles. The smallest absolute Gasteiger partial charge is 0.250 e. The highest BCUT2D eigenvalue weighted by Gasteiger charge is 2.17. The first-order valence-corrected chi connectivity index (χ1v) is 11.4. The second kappa shape index (κ2) is 10.1. The number of nitrogens with one attached hydrogen (secondary N) is 1. The van der Waals surface area contributed by atoms with Gasteiger partial charge in [0.25, 0.3) is 5.91 Å². The van der Waals surface area contributed by atoms with Crippen molar-refractivity contribution >= 4 is 23.4 Å². The molecule has 32 heavy (non-hydrogen) atoms. The SMILES string of the molecule is CCn1c(SCC(=O)N/N=C(/C)c2ccc(F)cc2)nnc1-c1ccc(C(C)(C)C)cc1. The van der Waals surface area contributed by atoms with Crippen molar-refractivity contribution < 1.29 is 9.18 Å². The Morgan fingerprint density at radius 1 is 1.09 bits per heavy atom. The van der Waals surface area contributed by atoms with Gasteiger partial charge in [0.1, 0.15) is 5.82 Å². The first-order chi connectivity index (χ1) is 15.2. The van der Waals surface area contributed by atoms with Crippen molar-refractivity contribution in [2.24, 2.45) is 5.10 Å². The molecule has 0 aliphatic rings. The maximum Gasteiger partial charge on any atom is 0.250 e. The zero-order valence-corrected chi connectivity index (χ0v) is 19.8. The molecule has 0 bridgehead atoms. The fraction of sp³-hybridized carbons (Fsp3) is 0.333. The molecule has 8 heteroatoms. The second-order valence-electron chi connectivity index (χ2n) is 8.41. The molecule has 0 saturated heterocycles. The molecule has 6 nitrogen and oxygen atoms in total. The molecule has 0 aliphatic heterocycles. The van der Waals surface area contributed by atoms with Crippen molar-refractivity contribution in [3.05, 3.63) is 65.5 Å². The maximum atomic E-state index is 13.0. The van der Waals surface area contributed by atoms with Crippen LogP contribution in [-0.2, 0) is 16.8 Å². The molecule has 0 fully saturated rings. The number of rotatable bonds is 7. The van der Waals surface area contributed by atoms with Crippen molar-refractivity contribution in [1.29, 1.82) is 0 Å². The predicted molar refractivity (Wildman–Crippen MR) is 127 cm³/mol. The maximum absolute atomic E-state index is 13.0. The van der Waals surface area contributed by atoms with Crippen LogP contribution in [0.15, 0.2) is 58.8 Å². The van der Waals surface area contributed by atoms with Gasteiger partial charge in [0.15, 0.2) is 11.0 Å². The highest BCUT2D eigenvalue weighted by Crippen LogP contribution is 2.27. The molecular formula is C24H28FN5OS. The molecule has 3 aromatic rings. The number of aromatic nitrogens is 3. The van der Waals surface area contributed by atoms with E-state index in [1.54, 1.807) is 19.1 Å². The highest BCUT2D eigenvalue weighted by atomic mass is 32.2. The number of amides is 1. The molecule has 1 aromatic heterocycles. The number of hydrogen-bond donors (Lipinski definition) is 1. The van der Waals surface area contributed by atoms with Crippen LogP contribution >= 0.6 is 11.8 Å². The Hall–Kier alpha value is -3.00. The van der Waals surface area contributed by atoms with Gasteiger partial charge in [-0.25, -0.2) is 9.82 Å². The van der Waals surface area contributed by atoms with E-state index in [0.29, 0.717) is 17.4 Å². The lowest BCUT2D eigenvalue weighted by molar-refractivity contribution is -0.118. The molecule has 0 atom stereocenters. The Balaban J connectivity index is 1.64. The number of hydrogen-bond acceptors (Lipinski definition) is 5. The molecule has 0 radical (unpaired) electrons. The summed E-state index contributed by atoms with van der Waals surface area (Å²) < 4.78 is 15.0. The van der Waals surface area contributed by atoms with Crippen molar-refractivity contribution in [2.75, 3.05) is 5.75 Å². The normalized spacial score (nSPS) is 12.1. The van der Waals surface area contributed by atoms with Crippen molar-refractivity contribution in [3.8, 4) is 11.4 Å². The van der Waals surface area contributed by atoms with Crippen LogP contribution in [-0.4, -0.2) is 32.1 Å². The van der Waals surface area contributed by atoms with E-state index in [2.05, 4.69) is 65.8 Å². The average Bonchev–Trinajstić information content (AvgIpc) is 3.19. The Morgan fingerprint density at radius 3 is 2.34 bits per heavy atom. The Kier molecular flexibility index (Phi) is 7.45. The molecular weight excluding hydrogens is 425 g/mol. The number of carbonyl (C=O) groups excluding carboxylic acids is 1. The standard InChI is InChI=1S/C24H28FN5OS/c1-6-30-22(18-7-11-19(12-8-18)24(3,4)5)28-29-23(30)32-15-21(31)27-26-16(2)17-9-13-20(25)14-10-17/h7-14H,6,15H2,1-5H3,(H,27,31)/b26-16-. The highest BCUT2D eigenvalue weighted by molar-refractivity contribution is 7.99. The molecule has 0 saturated carbocycles. The molecule has 0 spiro atoms. The van der Waals surface area contributed by atoms with Crippen LogP contribution in [0.25, 0.3) is 11.4 Å². The molecule has 2 aromatic carbocycles. The Bertz CT molecular complexity index is 1100. The summed E-state index contributed by atoms with van der Waals surface area (Å²) in [5, 5.41) is 13.4. The summed E-state index contributed by atoms with van der Waals surface area (Å²) in [5.41, 5.74) is 6.21. The van der Waals surface area contributed by atoms with E-state index in [1.165, 1.54) is 29.5 Å². The Morgan fingerprint density at radius 2 is 1.75 bits per heavy atom. The first-order valence-electron chi connectivity index (χ1n) is 10.4. The quantitative estimate of drug-likeness (QED) is 0.309. The van der Waals surface area contributed by atoms with Crippen LogP contribution < -0.4 is 5.43 Å². The predicted octanol–water partition coefficient (Wildman–Crippen LogP) is 5.03. The van der Waals surface area contributed by atoms with Gasteiger partial charge in [-0.2, -0.15) is 5.10 Å². The van der Waals surface area contributed by atoms with E-state index in [9.17, 15) is 9.18 Å². The van der Waals surface area contributed by atoms with Crippen LogP contribution in [0.2, 0.25) is 0 Å². The lowest BCUT2D eigenvalue weighted by atomic mass is 9.87. The van der Waals surface area contributed by atoms with Gasteiger partial charge in [-0.15, -0.1) is 10.2 Å². The minimum Gasteiger partial charge on any atom is -0.302 e. The van der Waals surface area contributed by atoms with Gasteiger partial charge in [0.2, 0.25) is 0 Å². The van der Waals surface area contributed by atoms with E-state index in [-0.39, 0.29) is 22.9 Å². The Labute approximate surface area is 192 Å². The lowest BCUT2D eigenvalue weighted by Gasteiger charge is -2.19. The molecule has 168 valence electrons. The summed E-state index contributed by atoms with van der Waals surface area (Å²) >= 11 is 1.31. The third kappa shape index (κ3) is 5.82. The van der Waals surface area contributed by atoms with Crippen LogP contribution in [0.4, 0.5) is 4.39 Å². The molecule has 0 unspecified atom stereocenters. The number of halogens is 1. The summed E-state index contributed by atoms with van der Waals surface area (Å²) in [4.78, 5) is 12.3. The van der Waals surface area contributed by atoms with Crippen LogP contribution in [0, 0.1) is 5.82 Å². The van der Waals surface area contributed by atoms with E-state index < -0.39 is 0 Å². The summed E-state index contributed by atoms with van der Waals surface area (Å²) in [6.45, 7) is 11.0. The fourth-order valence-corrected chi connectivity index (χ4v) is 3.87. The molecule has 1 amide bonds. The minimum absolute atomic E-state index is 0.0862. The van der Waals surface area contributed by atoms with Crippen LogP contribution in [0.5, 0.6) is 0 Å². The second-order valence-corrected chi connectivity index (χ2v) is 9.35. The number of hydrazone groups is 1. The van der Waals surface area contributed by atoms with Gasteiger partial charge >= 0.3 is 0 Å². The first kappa shape index (κ1) is 23.7. The van der Waals surface area contributed by atoms with Gasteiger partial charge in [-0.3, -0.25) is 4.79 Å². The fourth-order valence-electron chi connectivity index (χ4n) is 3.08. The molecule has 3 rings (SSSR count). The van der Waals surface area contributed by atoms with E-state index in [0.717, 1.165) is 17.0 Å². The summed E-state index contributed by atoms with van der Waals surface area (Å²) in [5.74, 6) is 0.368. The number of benzene rings is 2. The third-order valence-electron chi connectivity index (χ3n) is 4.98. The monoisotopic (exact) mass is 453 g/mol. The zero-order chi connectivity index (χ0) is 23.3. The van der Waals surface area contributed by atoms with E-state index in [1.807, 2.05) is 11.5 Å². The number of nitrogens with zero attached hydrogens (tertiary/aromatic N) is 4. The van der Waals surface area contributed by atoms with Crippen molar-refractivity contribution in [1.82, 2.24) is 20.2 Å². The topological polar surface area (TPSA) is 72.2 Å². The minimum atomic E-state index is -0.313. The van der Waals surface area contributed by atoms with Gasteiger partial charge in [-0.05, 0) is 42.5 Å². The van der Waals surface area contributed by atoms with E-state index >= 15 is 0 Å². The van der Waals surface area contributed by atoms with Gasteiger partial charge in [-0.1, -0.05) is 68.9 Å². The summed E-state index contributed by atoms with van der Waals surface area (Å²) in [6.07, 6.45) is 0. The third-order valence-corrected chi connectivity index (χ3v) is 5.95. The molecule has 1 N–H and O–H groups in total. The van der Waals surface area contributed by atoms with Crippen molar-refractivity contribution in [2.45, 2.75) is 51.7 Å². The van der Waals surface area contributed by atoms with Gasteiger partial charge in [0, 0.05) is 12.1 Å². The van der Waals surface area contributed by atoms with Crippen molar-refractivity contribution in [3.63, 3.8) is 0 Å². The lowest BCUT2D eigenvalue weighted by Crippen LogP contribution is -2.21. The van der Waals surface area contributed by atoms with Gasteiger partial charge in [0.05, 0.1) is 11.5 Å². The molecule has 1 heterocycles. The number of carbonyl (C=O) groups is 1. The average molecular weight is 454 g/mol. The number of thioether (sulfide) groups is 1. The van der Waals surface area contributed by atoms with E-state index in [4.69, 9.17) is 0 Å². The zero-order valence-electron chi connectivity index (χ0n) is 19.0. The van der Waals surface area contributed by atoms with Crippen LogP contribution in [0.1, 0.15) is 45.7 Å². The van der Waals surface area contributed by atoms with Crippen LogP contribution in [0.3, 0.4) is 0 Å².